The number of benzene rings is 2. The van der Waals surface area contributed by atoms with Gasteiger partial charge in [0.2, 0.25) is 0 Å². The molecule has 0 spiro atoms. The Labute approximate surface area is 243 Å². The molecule has 7 heteroatoms. The second-order valence-electron chi connectivity index (χ2n) is 11.0. The molecule has 6 nitrogen and oxygen atoms in total. The van der Waals surface area contributed by atoms with E-state index in [1.807, 2.05) is 18.2 Å². The highest BCUT2D eigenvalue weighted by atomic mass is 32.1. The monoisotopic (exact) mass is 566 g/mol. The van der Waals surface area contributed by atoms with Crippen LogP contribution in [0.15, 0.2) is 64.3 Å². The lowest BCUT2D eigenvalue weighted by Crippen LogP contribution is -2.38. The van der Waals surface area contributed by atoms with Gasteiger partial charge in [-0.25, -0.2) is 9.59 Å². The zero-order valence-electron chi connectivity index (χ0n) is 24.5. The maximum atomic E-state index is 13.1. The Morgan fingerprint density at radius 3 is 2.48 bits per heavy atom. The van der Waals surface area contributed by atoms with Gasteiger partial charge in [0.15, 0.2) is 4.93 Å². The van der Waals surface area contributed by atoms with Crippen LogP contribution in [0.4, 0.5) is 0 Å². The lowest BCUT2D eigenvalue weighted by Gasteiger charge is -2.34. The van der Waals surface area contributed by atoms with Crippen LogP contribution in [0.25, 0.3) is 22.1 Å². The maximum Gasteiger partial charge on any atom is 0.344 e. The van der Waals surface area contributed by atoms with Gasteiger partial charge < -0.3 is 18.6 Å². The van der Waals surface area contributed by atoms with Crippen molar-refractivity contribution in [2.45, 2.75) is 89.6 Å². The molecule has 0 aliphatic heterocycles. The Morgan fingerprint density at radius 2 is 1.82 bits per heavy atom. The fraction of sp³-hybridized carbons (Fsp3) is 0.455. The van der Waals surface area contributed by atoms with E-state index < -0.39 is 22.1 Å². The van der Waals surface area contributed by atoms with Crippen molar-refractivity contribution in [3.8, 4) is 22.6 Å². The number of thiol groups is 1. The summed E-state index contributed by atoms with van der Waals surface area (Å²) < 4.78 is 23.0. The van der Waals surface area contributed by atoms with Crippen LogP contribution in [0.2, 0.25) is 0 Å². The molecular formula is C33H42O6S. The SMILES string of the molecule is C=CC(=O)OC(C)(C)CC(C)(S)Oc1ccc2cc(-c3ccc(C(CC)CCCCC)cc3OC)c(=O)oc2c1. The van der Waals surface area contributed by atoms with Crippen molar-refractivity contribution < 1.29 is 23.4 Å². The van der Waals surface area contributed by atoms with Gasteiger partial charge in [0, 0.05) is 29.5 Å². The van der Waals surface area contributed by atoms with Gasteiger partial charge in [-0.1, -0.05) is 51.8 Å². The summed E-state index contributed by atoms with van der Waals surface area (Å²) in [4.78, 5) is 23.8. The fourth-order valence-corrected chi connectivity index (χ4v) is 5.69. The van der Waals surface area contributed by atoms with E-state index in [4.69, 9.17) is 18.6 Å². The zero-order valence-corrected chi connectivity index (χ0v) is 25.4. The number of unbranched alkanes of at least 4 members (excludes halogenated alkanes) is 2. The molecule has 0 saturated heterocycles. The van der Waals surface area contributed by atoms with Crippen LogP contribution in [0, 0.1) is 0 Å². The van der Waals surface area contributed by atoms with E-state index in [-0.39, 0.29) is 0 Å². The topological polar surface area (TPSA) is 75.0 Å². The van der Waals surface area contributed by atoms with Gasteiger partial charge in [0.1, 0.15) is 22.7 Å². The molecule has 0 amide bonds. The first-order chi connectivity index (χ1) is 18.9. The number of esters is 1. The summed E-state index contributed by atoms with van der Waals surface area (Å²) in [5.74, 6) is 1.07. The Balaban J connectivity index is 1.87. The van der Waals surface area contributed by atoms with Gasteiger partial charge in [-0.2, -0.15) is 0 Å². The van der Waals surface area contributed by atoms with Gasteiger partial charge >= 0.3 is 11.6 Å². The average Bonchev–Trinajstić information content (AvgIpc) is 2.89. The number of fused-ring (bicyclic) bond motifs is 1. The first kappa shape index (κ1) is 31.3. The van der Waals surface area contributed by atoms with Crippen molar-refractivity contribution in [3.05, 3.63) is 71.1 Å². The predicted molar refractivity (Wildman–Crippen MR) is 165 cm³/mol. The van der Waals surface area contributed by atoms with E-state index in [1.165, 1.54) is 24.8 Å². The molecule has 0 radical (unpaired) electrons. The fourth-order valence-electron chi connectivity index (χ4n) is 5.20. The molecule has 0 N–H and O–H groups in total. The highest BCUT2D eigenvalue weighted by Crippen LogP contribution is 2.36. The molecule has 2 unspecified atom stereocenters. The molecule has 2 aromatic carbocycles. The molecule has 40 heavy (non-hydrogen) atoms. The zero-order chi connectivity index (χ0) is 29.5. The summed E-state index contributed by atoms with van der Waals surface area (Å²) in [7, 11) is 1.63. The number of ether oxygens (including phenoxy) is 3. The molecule has 0 saturated carbocycles. The Morgan fingerprint density at radius 1 is 1.07 bits per heavy atom. The lowest BCUT2D eigenvalue weighted by atomic mass is 9.89. The Hall–Kier alpha value is -3.19. The lowest BCUT2D eigenvalue weighted by molar-refractivity contribution is -0.152. The normalized spacial score (nSPS) is 13.9. The molecule has 0 bridgehead atoms. The van der Waals surface area contributed by atoms with E-state index in [1.54, 1.807) is 40.0 Å². The molecule has 2 atom stereocenters. The summed E-state index contributed by atoms with van der Waals surface area (Å²) in [6.07, 6.45) is 7.24. The average molecular weight is 567 g/mol. The van der Waals surface area contributed by atoms with Gasteiger partial charge in [0.05, 0.1) is 12.7 Å². The highest BCUT2D eigenvalue weighted by Gasteiger charge is 2.34. The minimum Gasteiger partial charge on any atom is -0.496 e. The third-order valence-electron chi connectivity index (χ3n) is 6.98. The second-order valence-corrected chi connectivity index (χ2v) is 12.0. The van der Waals surface area contributed by atoms with E-state index in [9.17, 15) is 9.59 Å². The van der Waals surface area contributed by atoms with Crippen molar-refractivity contribution in [1.82, 2.24) is 0 Å². The largest absolute Gasteiger partial charge is 0.496 e. The molecule has 1 heterocycles. The highest BCUT2D eigenvalue weighted by molar-refractivity contribution is 7.81. The van der Waals surface area contributed by atoms with E-state index in [2.05, 4.69) is 45.2 Å². The maximum absolute atomic E-state index is 13.1. The number of carbonyl (C=O) groups excluding carboxylic acids is 1. The van der Waals surface area contributed by atoms with Crippen molar-refractivity contribution in [1.29, 1.82) is 0 Å². The van der Waals surface area contributed by atoms with E-state index in [0.717, 1.165) is 24.3 Å². The third kappa shape index (κ3) is 8.17. The molecule has 0 aliphatic rings. The van der Waals surface area contributed by atoms with Crippen LogP contribution in [0.5, 0.6) is 11.5 Å². The summed E-state index contributed by atoms with van der Waals surface area (Å²) in [6, 6.07) is 13.2. The van der Waals surface area contributed by atoms with Crippen LogP contribution in [-0.2, 0) is 9.53 Å². The molecule has 216 valence electrons. The van der Waals surface area contributed by atoms with Crippen molar-refractivity contribution in [2.24, 2.45) is 0 Å². The van der Waals surface area contributed by atoms with Gasteiger partial charge in [-0.05, 0) is 69.4 Å². The number of hydrogen-bond donors (Lipinski definition) is 1. The minimum absolute atomic E-state index is 0.302. The van der Waals surface area contributed by atoms with Crippen LogP contribution in [-0.4, -0.2) is 23.6 Å². The molecule has 1 aromatic heterocycles. The number of rotatable bonds is 14. The van der Waals surface area contributed by atoms with Crippen LogP contribution >= 0.6 is 12.6 Å². The van der Waals surface area contributed by atoms with E-state index in [0.29, 0.717) is 40.5 Å². The third-order valence-corrected chi connectivity index (χ3v) is 7.23. The summed E-state index contributed by atoms with van der Waals surface area (Å²) >= 11 is 4.65. The molecule has 0 aliphatic carbocycles. The van der Waals surface area contributed by atoms with Crippen LogP contribution < -0.4 is 15.1 Å². The molecule has 0 fully saturated rings. The van der Waals surface area contributed by atoms with Gasteiger partial charge in [-0.15, -0.1) is 12.6 Å². The van der Waals surface area contributed by atoms with Crippen molar-refractivity contribution in [2.75, 3.05) is 7.11 Å². The Kier molecular flexibility index (Phi) is 10.5. The van der Waals surface area contributed by atoms with Gasteiger partial charge in [0.25, 0.3) is 0 Å². The van der Waals surface area contributed by atoms with Crippen molar-refractivity contribution >= 4 is 29.6 Å². The summed E-state index contributed by atoms with van der Waals surface area (Å²) in [5.41, 5.74) is 1.46. The van der Waals surface area contributed by atoms with Crippen LogP contribution in [0.3, 0.4) is 0 Å². The molecule has 3 aromatic rings. The standard InChI is InChI=1S/C33H42O6S/c1-8-11-12-13-22(9-2)23-15-17-26(29(19-23)36-7)27-18-24-14-16-25(20-28(24)37-31(27)35)38-33(6,40)21-32(4,5)39-30(34)10-3/h10,14-20,22,40H,3,8-9,11-13,21H2,1-2,4-7H3. The predicted octanol–water partition coefficient (Wildman–Crippen LogP) is 8.47. The number of hydrogen-bond acceptors (Lipinski definition) is 7. The first-order valence-corrected chi connectivity index (χ1v) is 14.4. The van der Waals surface area contributed by atoms with Gasteiger partial charge in [-0.3, -0.25) is 0 Å². The minimum atomic E-state index is -0.971. The van der Waals surface area contributed by atoms with E-state index >= 15 is 0 Å². The Bertz CT molecular complexity index is 1390. The number of methoxy groups -OCH3 is 1. The summed E-state index contributed by atoms with van der Waals surface area (Å²) in [5, 5.41) is 0.750. The second kappa shape index (κ2) is 13.4. The smallest absolute Gasteiger partial charge is 0.344 e. The molecular weight excluding hydrogens is 524 g/mol. The first-order valence-electron chi connectivity index (χ1n) is 13.9. The van der Waals surface area contributed by atoms with Crippen molar-refractivity contribution in [3.63, 3.8) is 0 Å². The van der Waals surface area contributed by atoms with Crippen LogP contribution in [0.1, 0.15) is 84.6 Å². The number of carbonyl (C=O) groups is 1. The molecule has 3 rings (SSSR count). The summed E-state index contributed by atoms with van der Waals surface area (Å²) in [6.45, 7) is 13.2. The quantitative estimate of drug-likeness (QED) is 0.0527.